The van der Waals surface area contributed by atoms with Crippen LogP contribution in [0.25, 0.3) is 10.9 Å². The fraction of sp³-hybridized carbons (Fsp3) is 0.654. The average Bonchev–Trinajstić information content (AvgIpc) is 2.82. The van der Waals surface area contributed by atoms with Crippen molar-refractivity contribution in [2.45, 2.75) is 58.8 Å². The van der Waals surface area contributed by atoms with Gasteiger partial charge in [0.15, 0.2) is 0 Å². The molecule has 0 N–H and O–H groups in total. The lowest BCUT2D eigenvalue weighted by molar-refractivity contribution is 0.135. The van der Waals surface area contributed by atoms with E-state index in [4.69, 9.17) is 14.5 Å². The van der Waals surface area contributed by atoms with Gasteiger partial charge in [-0.1, -0.05) is 33.1 Å². The fourth-order valence-electron chi connectivity index (χ4n) is 4.28. The van der Waals surface area contributed by atoms with Gasteiger partial charge in [0.25, 0.3) is 0 Å². The van der Waals surface area contributed by atoms with Gasteiger partial charge in [0.2, 0.25) is 0 Å². The summed E-state index contributed by atoms with van der Waals surface area (Å²) in [5, 5.41) is 1.03. The highest BCUT2D eigenvalue weighted by molar-refractivity contribution is 5.86. The Labute approximate surface area is 188 Å². The van der Waals surface area contributed by atoms with Crippen LogP contribution >= 0.6 is 0 Å². The third-order valence-electron chi connectivity index (χ3n) is 6.35. The minimum Gasteiger partial charge on any atom is -0.496 e. The summed E-state index contributed by atoms with van der Waals surface area (Å²) in [5.74, 6) is 1.80. The number of benzene rings is 1. The van der Waals surface area contributed by atoms with E-state index >= 15 is 0 Å². The second kappa shape index (κ2) is 12.9. The Balaban J connectivity index is 1.38. The topological polar surface area (TPSA) is 37.8 Å². The maximum Gasteiger partial charge on any atom is 0.130 e. The molecule has 31 heavy (non-hydrogen) atoms. The van der Waals surface area contributed by atoms with E-state index in [-0.39, 0.29) is 0 Å². The number of nitrogens with zero attached hydrogens (tertiary/aromatic N) is 3. The number of piperazine rings is 1. The van der Waals surface area contributed by atoms with Crippen LogP contribution in [0.1, 0.15) is 58.1 Å². The quantitative estimate of drug-likeness (QED) is 0.413. The molecule has 1 aromatic heterocycles. The molecule has 0 atom stereocenters. The maximum absolute atomic E-state index is 6.03. The van der Waals surface area contributed by atoms with Gasteiger partial charge in [0.05, 0.1) is 19.2 Å². The molecule has 172 valence electrons. The molecule has 1 aliphatic heterocycles. The molecule has 1 aliphatic rings. The van der Waals surface area contributed by atoms with Gasteiger partial charge in [-0.2, -0.15) is 0 Å². The van der Waals surface area contributed by atoms with E-state index in [1.165, 1.54) is 65.0 Å². The first-order chi connectivity index (χ1) is 15.2. The minimum atomic E-state index is 0.769. The van der Waals surface area contributed by atoms with Crippen molar-refractivity contribution < 1.29 is 9.47 Å². The van der Waals surface area contributed by atoms with Crippen LogP contribution in [0.15, 0.2) is 24.3 Å². The Morgan fingerprint density at radius 2 is 1.68 bits per heavy atom. The van der Waals surface area contributed by atoms with E-state index in [0.29, 0.717) is 0 Å². The lowest BCUT2D eigenvalue weighted by atomic mass is 10.1. The van der Waals surface area contributed by atoms with Crippen LogP contribution in [0.3, 0.4) is 0 Å². The predicted molar refractivity (Wildman–Crippen MR) is 129 cm³/mol. The molecule has 0 spiro atoms. The highest BCUT2D eigenvalue weighted by atomic mass is 16.5. The number of hydrogen-bond acceptors (Lipinski definition) is 5. The molecular weight excluding hydrogens is 386 g/mol. The molecule has 1 fully saturated rings. The minimum absolute atomic E-state index is 0.769. The van der Waals surface area contributed by atoms with E-state index < -0.39 is 0 Å². The summed E-state index contributed by atoms with van der Waals surface area (Å²) in [5.41, 5.74) is 2.09. The van der Waals surface area contributed by atoms with E-state index in [1.807, 2.05) is 6.07 Å². The van der Waals surface area contributed by atoms with Crippen LogP contribution < -0.4 is 9.47 Å². The molecule has 5 heteroatoms. The number of aryl methyl sites for hydroxylation is 1. The smallest absolute Gasteiger partial charge is 0.130 e. The van der Waals surface area contributed by atoms with Gasteiger partial charge in [-0.3, -0.25) is 4.98 Å². The second-order valence-corrected chi connectivity index (χ2v) is 8.64. The number of pyridine rings is 1. The largest absolute Gasteiger partial charge is 0.496 e. The molecule has 1 aromatic carbocycles. The Morgan fingerprint density at radius 1 is 0.903 bits per heavy atom. The molecule has 0 bridgehead atoms. The Hall–Kier alpha value is -1.85. The number of likely N-dealkylation sites (N-methyl/N-ethyl adjacent to an activating group) is 1. The summed E-state index contributed by atoms with van der Waals surface area (Å²) in [6.07, 6.45) is 8.24. The van der Waals surface area contributed by atoms with Crippen molar-refractivity contribution in [2.24, 2.45) is 0 Å². The molecule has 0 unspecified atom stereocenters. The zero-order valence-corrected chi connectivity index (χ0v) is 19.9. The lowest BCUT2D eigenvalue weighted by Crippen LogP contribution is -2.46. The molecule has 2 aromatic rings. The van der Waals surface area contributed by atoms with Crippen molar-refractivity contribution in [3.05, 3.63) is 30.0 Å². The Kier molecular flexibility index (Phi) is 9.88. The highest BCUT2D eigenvalue weighted by Crippen LogP contribution is 2.29. The number of aromatic nitrogens is 1. The van der Waals surface area contributed by atoms with Gasteiger partial charge < -0.3 is 19.3 Å². The van der Waals surface area contributed by atoms with Gasteiger partial charge in [0, 0.05) is 43.3 Å². The van der Waals surface area contributed by atoms with Crippen LogP contribution in [0.2, 0.25) is 0 Å². The molecule has 5 nitrogen and oxygen atoms in total. The van der Waals surface area contributed by atoms with E-state index in [2.05, 4.69) is 41.8 Å². The van der Waals surface area contributed by atoms with Crippen molar-refractivity contribution in [1.82, 2.24) is 14.8 Å². The monoisotopic (exact) mass is 427 g/mol. The molecular formula is C26H41N3O2. The summed E-state index contributed by atoms with van der Waals surface area (Å²) in [6, 6.07) is 8.24. The van der Waals surface area contributed by atoms with Crippen LogP contribution in [0.5, 0.6) is 11.5 Å². The first-order valence-corrected chi connectivity index (χ1v) is 12.3. The van der Waals surface area contributed by atoms with Gasteiger partial charge in [-0.15, -0.1) is 0 Å². The van der Waals surface area contributed by atoms with Gasteiger partial charge in [-0.05, 0) is 57.0 Å². The summed E-state index contributed by atoms with van der Waals surface area (Å²) >= 11 is 0. The average molecular weight is 428 g/mol. The summed E-state index contributed by atoms with van der Waals surface area (Å²) in [7, 11) is 1.73. The number of ether oxygens (including phenoxy) is 2. The number of fused-ring (bicyclic) bond motifs is 1. The number of unbranched alkanes of at least 4 members (excludes halogenated alkanes) is 4. The predicted octanol–water partition coefficient (Wildman–Crippen LogP) is 5.16. The molecule has 0 radical (unpaired) electrons. The van der Waals surface area contributed by atoms with Crippen LogP contribution in [-0.2, 0) is 6.42 Å². The summed E-state index contributed by atoms with van der Waals surface area (Å²) in [6.45, 7) is 12.6. The molecule has 0 amide bonds. The molecule has 0 aliphatic carbocycles. The van der Waals surface area contributed by atoms with E-state index in [0.717, 1.165) is 54.0 Å². The van der Waals surface area contributed by atoms with Crippen LogP contribution in [-0.4, -0.2) is 67.8 Å². The molecule has 1 saturated heterocycles. The molecule has 0 saturated carbocycles. The fourth-order valence-corrected chi connectivity index (χ4v) is 4.28. The lowest BCUT2D eigenvalue weighted by Gasteiger charge is -2.33. The van der Waals surface area contributed by atoms with Crippen molar-refractivity contribution >= 4 is 10.9 Å². The second-order valence-electron chi connectivity index (χ2n) is 8.64. The van der Waals surface area contributed by atoms with E-state index in [9.17, 15) is 0 Å². The van der Waals surface area contributed by atoms with Crippen molar-refractivity contribution in [3.8, 4) is 11.5 Å². The Morgan fingerprint density at radius 3 is 2.42 bits per heavy atom. The third kappa shape index (κ3) is 7.36. The van der Waals surface area contributed by atoms with E-state index in [1.54, 1.807) is 7.11 Å². The number of methoxy groups -OCH3 is 1. The van der Waals surface area contributed by atoms with Crippen molar-refractivity contribution in [1.29, 1.82) is 0 Å². The van der Waals surface area contributed by atoms with Gasteiger partial charge in [-0.25, -0.2) is 0 Å². The molecule has 3 rings (SSSR count). The van der Waals surface area contributed by atoms with Crippen molar-refractivity contribution in [2.75, 3.05) is 53.0 Å². The first-order valence-electron chi connectivity index (χ1n) is 12.3. The standard InChI is InChI=1S/C26H41N3O2/c1-4-6-11-22-20-26(30-3)24-21-23(12-13-25(24)27-22)31-19-10-8-7-9-14-29-17-15-28(5-2)16-18-29/h12-13,20-21H,4-11,14-19H2,1-3H3. The SMILES string of the molecule is CCCCc1cc(OC)c2cc(OCCCCCCN3CCN(CC)CC3)ccc2n1. The molecule has 2 heterocycles. The zero-order valence-electron chi connectivity index (χ0n) is 19.9. The maximum atomic E-state index is 6.03. The van der Waals surface area contributed by atoms with Gasteiger partial charge in [0.1, 0.15) is 11.5 Å². The van der Waals surface area contributed by atoms with Crippen LogP contribution in [0.4, 0.5) is 0 Å². The Bertz CT molecular complexity index is 788. The van der Waals surface area contributed by atoms with Crippen LogP contribution in [0, 0.1) is 0 Å². The zero-order chi connectivity index (χ0) is 21.9. The third-order valence-corrected chi connectivity index (χ3v) is 6.35. The van der Waals surface area contributed by atoms with Crippen molar-refractivity contribution in [3.63, 3.8) is 0 Å². The first kappa shape index (κ1) is 23.8. The number of rotatable bonds is 13. The van der Waals surface area contributed by atoms with Gasteiger partial charge >= 0.3 is 0 Å². The normalized spacial score (nSPS) is 15.5. The highest BCUT2D eigenvalue weighted by Gasteiger charge is 2.14. The number of hydrogen-bond donors (Lipinski definition) is 0. The summed E-state index contributed by atoms with van der Waals surface area (Å²) in [4.78, 5) is 9.96. The summed E-state index contributed by atoms with van der Waals surface area (Å²) < 4.78 is 11.7.